The first-order chi connectivity index (χ1) is 13.8. The van der Waals surface area contributed by atoms with Gasteiger partial charge in [0.05, 0.1) is 11.8 Å². The summed E-state index contributed by atoms with van der Waals surface area (Å²) in [4.78, 5) is 18.7. The van der Waals surface area contributed by atoms with Crippen LogP contribution in [0.5, 0.6) is 0 Å². The van der Waals surface area contributed by atoms with Gasteiger partial charge in [0.1, 0.15) is 5.76 Å². The molecule has 5 heteroatoms. The Kier molecular flexibility index (Phi) is 5.83. The van der Waals surface area contributed by atoms with E-state index in [1.165, 1.54) is 5.56 Å². The van der Waals surface area contributed by atoms with Crippen LogP contribution in [0.3, 0.4) is 0 Å². The number of hydrogen-bond acceptors (Lipinski definition) is 4. The Bertz CT molecular complexity index is 876. The molecule has 28 heavy (non-hydrogen) atoms. The molecule has 1 aromatic carbocycles. The van der Waals surface area contributed by atoms with Gasteiger partial charge in [0.15, 0.2) is 0 Å². The van der Waals surface area contributed by atoms with E-state index in [-0.39, 0.29) is 5.91 Å². The Morgan fingerprint density at radius 2 is 2.07 bits per heavy atom. The van der Waals surface area contributed by atoms with E-state index in [9.17, 15) is 4.79 Å². The Morgan fingerprint density at radius 3 is 2.82 bits per heavy atom. The minimum absolute atomic E-state index is 0.0428. The number of hydrogen-bond donors (Lipinski definition) is 1. The second-order valence-electron chi connectivity index (χ2n) is 7.37. The lowest BCUT2D eigenvalue weighted by Gasteiger charge is -2.32. The molecule has 1 aliphatic heterocycles. The van der Waals surface area contributed by atoms with Crippen LogP contribution in [0.1, 0.15) is 28.8 Å². The number of amides is 1. The molecule has 3 aromatic rings. The molecule has 1 fully saturated rings. The highest BCUT2D eigenvalue weighted by Gasteiger charge is 2.20. The molecule has 4 rings (SSSR count). The monoisotopic (exact) mass is 375 g/mol. The van der Waals surface area contributed by atoms with E-state index in [2.05, 4.69) is 39.5 Å². The summed E-state index contributed by atoms with van der Waals surface area (Å²) in [5, 5.41) is 3.06. The van der Waals surface area contributed by atoms with Crippen molar-refractivity contribution in [1.82, 2.24) is 15.2 Å². The molecule has 0 bridgehead atoms. The third kappa shape index (κ3) is 4.67. The van der Waals surface area contributed by atoms with Gasteiger partial charge < -0.3 is 9.73 Å². The van der Waals surface area contributed by atoms with Crippen molar-refractivity contribution in [1.29, 1.82) is 0 Å². The van der Waals surface area contributed by atoms with E-state index in [0.29, 0.717) is 18.0 Å². The van der Waals surface area contributed by atoms with Crippen molar-refractivity contribution in [3.05, 3.63) is 78.3 Å². The second kappa shape index (κ2) is 8.85. The van der Waals surface area contributed by atoms with Crippen molar-refractivity contribution in [3.8, 4) is 11.3 Å². The lowest BCUT2D eigenvalue weighted by molar-refractivity contribution is 0.0930. The van der Waals surface area contributed by atoms with Crippen molar-refractivity contribution in [2.24, 2.45) is 5.92 Å². The maximum Gasteiger partial charge on any atom is 0.252 e. The molecular weight excluding hydrogens is 350 g/mol. The van der Waals surface area contributed by atoms with Gasteiger partial charge in [-0.15, -0.1) is 0 Å². The molecule has 1 saturated heterocycles. The van der Waals surface area contributed by atoms with Crippen molar-refractivity contribution in [3.63, 3.8) is 0 Å². The van der Waals surface area contributed by atoms with Gasteiger partial charge in [-0.05, 0) is 55.1 Å². The average Bonchev–Trinajstić information content (AvgIpc) is 3.28. The molecule has 3 heterocycles. The number of pyridine rings is 1. The number of rotatable bonds is 6. The first-order valence-corrected chi connectivity index (χ1v) is 9.81. The number of carbonyl (C=O) groups excluding carboxylic acids is 1. The number of piperidine rings is 1. The minimum Gasteiger partial charge on any atom is -0.464 e. The first-order valence-electron chi connectivity index (χ1n) is 9.81. The highest BCUT2D eigenvalue weighted by Crippen LogP contribution is 2.22. The highest BCUT2D eigenvalue weighted by molar-refractivity contribution is 5.93. The molecule has 1 atom stereocenters. The Morgan fingerprint density at radius 1 is 1.18 bits per heavy atom. The molecule has 5 nitrogen and oxygen atoms in total. The van der Waals surface area contributed by atoms with Crippen LogP contribution in [0.2, 0.25) is 0 Å². The summed E-state index contributed by atoms with van der Waals surface area (Å²) in [6.07, 6.45) is 7.30. The minimum atomic E-state index is -0.0428. The van der Waals surface area contributed by atoms with Crippen LogP contribution in [0.15, 0.2) is 71.6 Å². The van der Waals surface area contributed by atoms with Crippen molar-refractivity contribution >= 4 is 5.91 Å². The maximum atomic E-state index is 12.2. The van der Waals surface area contributed by atoms with Gasteiger partial charge in [0.25, 0.3) is 5.91 Å². The largest absolute Gasteiger partial charge is 0.464 e. The summed E-state index contributed by atoms with van der Waals surface area (Å²) >= 11 is 0. The van der Waals surface area contributed by atoms with E-state index in [1.54, 1.807) is 30.8 Å². The second-order valence-corrected chi connectivity index (χ2v) is 7.37. The van der Waals surface area contributed by atoms with E-state index in [4.69, 9.17) is 4.42 Å². The topological polar surface area (TPSA) is 58.4 Å². The lowest BCUT2D eigenvalue weighted by Crippen LogP contribution is -2.40. The third-order valence-corrected chi connectivity index (χ3v) is 5.24. The molecule has 0 aliphatic carbocycles. The van der Waals surface area contributed by atoms with E-state index >= 15 is 0 Å². The van der Waals surface area contributed by atoms with E-state index in [0.717, 1.165) is 43.8 Å². The summed E-state index contributed by atoms with van der Waals surface area (Å²) in [5.74, 6) is 1.34. The predicted octanol–water partition coefficient (Wildman–Crippen LogP) is 3.98. The number of carbonyl (C=O) groups is 1. The first kappa shape index (κ1) is 18.4. The zero-order chi connectivity index (χ0) is 19.2. The number of benzene rings is 1. The summed E-state index contributed by atoms with van der Waals surface area (Å²) in [5.41, 5.74) is 3.02. The molecule has 1 amide bonds. The van der Waals surface area contributed by atoms with Crippen LogP contribution in [-0.2, 0) is 6.54 Å². The summed E-state index contributed by atoms with van der Waals surface area (Å²) < 4.78 is 5.45. The van der Waals surface area contributed by atoms with E-state index < -0.39 is 0 Å². The molecule has 1 N–H and O–H groups in total. The fraction of sp³-hybridized carbons (Fsp3) is 0.304. The number of aromatic nitrogens is 1. The fourth-order valence-electron chi connectivity index (χ4n) is 3.77. The van der Waals surface area contributed by atoms with Gasteiger partial charge in [-0.3, -0.25) is 14.7 Å². The molecule has 0 spiro atoms. The van der Waals surface area contributed by atoms with Crippen LogP contribution >= 0.6 is 0 Å². The van der Waals surface area contributed by atoms with E-state index in [1.807, 2.05) is 12.1 Å². The van der Waals surface area contributed by atoms with Crippen molar-refractivity contribution in [2.45, 2.75) is 19.4 Å². The predicted molar refractivity (Wildman–Crippen MR) is 109 cm³/mol. The van der Waals surface area contributed by atoms with Gasteiger partial charge >= 0.3 is 0 Å². The molecular formula is C23H25N3O2. The molecule has 144 valence electrons. The quantitative estimate of drug-likeness (QED) is 0.708. The average molecular weight is 375 g/mol. The summed E-state index contributed by atoms with van der Waals surface area (Å²) in [6.45, 7) is 3.76. The van der Waals surface area contributed by atoms with Gasteiger partial charge in [0.2, 0.25) is 0 Å². The van der Waals surface area contributed by atoms with Crippen molar-refractivity contribution < 1.29 is 9.21 Å². The zero-order valence-electron chi connectivity index (χ0n) is 15.9. The van der Waals surface area contributed by atoms with Crippen molar-refractivity contribution in [2.75, 3.05) is 19.6 Å². The number of nitrogens with zero attached hydrogens (tertiary/aromatic N) is 2. The molecule has 0 saturated carbocycles. The number of likely N-dealkylation sites (tertiary alicyclic amines) is 1. The Labute approximate surface area is 165 Å². The zero-order valence-corrected chi connectivity index (χ0v) is 15.9. The molecule has 1 aliphatic rings. The lowest BCUT2D eigenvalue weighted by atomic mass is 9.97. The van der Waals surface area contributed by atoms with Crippen LogP contribution < -0.4 is 5.32 Å². The van der Waals surface area contributed by atoms with Gasteiger partial charge in [-0.1, -0.05) is 24.3 Å². The van der Waals surface area contributed by atoms with Gasteiger partial charge in [-0.25, -0.2) is 0 Å². The standard InChI is InChI=1S/C23H25N3O2/c27-23(21-5-1-11-24-15-21)25-14-19-4-2-12-26(17-19)16-18-7-9-20(10-8-18)22-6-3-13-28-22/h1,3,5-11,13,15,19H,2,4,12,14,16-17H2,(H,25,27)/t19-/m1/s1. The smallest absolute Gasteiger partial charge is 0.252 e. The third-order valence-electron chi connectivity index (χ3n) is 5.24. The fourth-order valence-corrected chi connectivity index (χ4v) is 3.77. The van der Waals surface area contributed by atoms with Crippen LogP contribution in [-0.4, -0.2) is 35.4 Å². The number of furan rings is 1. The number of nitrogens with one attached hydrogen (secondary N) is 1. The van der Waals surface area contributed by atoms with Gasteiger partial charge in [-0.2, -0.15) is 0 Å². The summed E-state index contributed by atoms with van der Waals surface area (Å²) in [6, 6.07) is 16.0. The van der Waals surface area contributed by atoms with Crippen LogP contribution in [0.25, 0.3) is 11.3 Å². The SMILES string of the molecule is O=C(NC[C@H]1CCCN(Cc2ccc(-c3ccco3)cc2)C1)c1cccnc1. The molecule has 0 radical (unpaired) electrons. The maximum absolute atomic E-state index is 12.2. The van der Waals surface area contributed by atoms with Crippen LogP contribution in [0.4, 0.5) is 0 Å². The molecule has 0 unspecified atom stereocenters. The Balaban J connectivity index is 1.28. The van der Waals surface area contributed by atoms with Crippen LogP contribution in [0, 0.1) is 5.92 Å². The normalized spacial score (nSPS) is 17.4. The highest BCUT2D eigenvalue weighted by atomic mass is 16.3. The summed E-state index contributed by atoms with van der Waals surface area (Å²) in [7, 11) is 0. The Hall–Kier alpha value is -2.92. The van der Waals surface area contributed by atoms with Gasteiger partial charge in [0, 0.05) is 37.6 Å². The molecule has 2 aromatic heterocycles.